The quantitative estimate of drug-likeness (QED) is 0.831. The first-order valence-corrected chi connectivity index (χ1v) is 7.01. The molecule has 0 atom stereocenters. The van der Waals surface area contributed by atoms with E-state index in [0.29, 0.717) is 0 Å². The van der Waals surface area contributed by atoms with E-state index >= 15 is 0 Å². The fourth-order valence-corrected chi connectivity index (χ4v) is 3.01. The summed E-state index contributed by atoms with van der Waals surface area (Å²) in [5, 5.41) is 4.68. The molecule has 3 heterocycles. The highest BCUT2D eigenvalue weighted by atomic mass is 15.3. The summed E-state index contributed by atoms with van der Waals surface area (Å²) in [6, 6.07) is 0. The van der Waals surface area contributed by atoms with E-state index < -0.39 is 0 Å². The summed E-state index contributed by atoms with van der Waals surface area (Å²) in [4.78, 5) is 6.67. The summed E-state index contributed by atoms with van der Waals surface area (Å²) in [6.07, 6.45) is 8.53. The van der Waals surface area contributed by atoms with Crippen LogP contribution in [0.4, 0.5) is 0 Å². The fourth-order valence-electron chi connectivity index (χ4n) is 3.01. The van der Waals surface area contributed by atoms with Crippen molar-refractivity contribution in [1.82, 2.24) is 24.2 Å². The molecule has 5 nitrogen and oxygen atoms in total. The first-order valence-electron chi connectivity index (χ1n) is 7.01. The lowest BCUT2D eigenvalue weighted by atomic mass is 10.2. The highest BCUT2D eigenvalue weighted by Crippen LogP contribution is 2.33. The van der Waals surface area contributed by atoms with Crippen LogP contribution in [0.1, 0.15) is 29.8 Å². The van der Waals surface area contributed by atoms with Crippen LogP contribution >= 0.6 is 0 Å². The van der Waals surface area contributed by atoms with E-state index in [4.69, 9.17) is 0 Å². The standard InChI is InChI=1S/C14H19N5/c1-17-14-9-19(6-11-2-3-11)7-12(14)13(16-17)8-18-5-4-15-10-18/h4-5,10-11H,2-3,6-9H2,1H3. The Morgan fingerprint density at radius 3 is 2.95 bits per heavy atom. The monoisotopic (exact) mass is 257 g/mol. The van der Waals surface area contributed by atoms with Crippen LogP contribution in [0.15, 0.2) is 18.7 Å². The van der Waals surface area contributed by atoms with E-state index in [1.54, 1.807) is 0 Å². The second-order valence-electron chi connectivity index (χ2n) is 5.84. The molecule has 4 rings (SSSR count). The van der Waals surface area contributed by atoms with E-state index in [0.717, 1.165) is 25.6 Å². The maximum absolute atomic E-state index is 4.68. The molecule has 100 valence electrons. The first kappa shape index (κ1) is 11.2. The third-order valence-corrected chi connectivity index (χ3v) is 4.22. The minimum absolute atomic E-state index is 0.834. The largest absolute Gasteiger partial charge is 0.331 e. The van der Waals surface area contributed by atoms with E-state index in [1.165, 1.54) is 36.3 Å². The zero-order valence-electron chi connectivity index (χ0n) is 11.3. The van der Waals surface area contributed by atoms with Crippen LogP contribution in [0.3, 0.4) is 0 Å². The second kappa shape index (κ2) is 4.20. The first-order chi connectivity index (χ1) is 9.29. The predicted octanol–water partition coefficient (Wildman–Crippen LogP) is 1.39. The minimum atomic E-state index is 0.834. The van der Waals surface area contributed by atoms with Gasteiger partial charge in [-0.2, -0.15) is 5.10 Å². The molecule has 2 aromatic rings. The average Bonchev–Trinajstić information content (AvgIpc) is 2.81. The van der Waals surface area contributed by atoms with Gasteiger partial charge in [-0.1, -0.05) is 0 Å². The van der Waals surface area contributed by atoms with Gasteiger partial charge in [-0.05, 0) is 18.8 Å². The summed E-state index contributed by atoms with van der Waals surface area (Å²) in [7, 11) is 2.07. The molecule has 1 saturated carbocycles. The van der Waals surface area contributed by atoms with E-state index in [2.05, 4.69) is 31.3 Å². The van der Waals surface area contributed by atoms with Crippen molar-refractivity contribution in [3.8, 4) is 0 Å². The Morgan fingerprint density at radius 2 is 2.21 bits per heavy atom. The molecule has 1 aliphatic heterocycles. The minimum Gasteiger partial charge on any atom is -0.331 e. The number of aromatic nitrogens is 4. The topological polar surface area (TPSA) is 38.9 Å². The van der Waals surface area contributed by atoms with Gasteiger partial charge in [0.25, 0.3) is 0 Å². The molecule has 0 radical (unpaired) electrons. The Hall–Kier alpha value is -1.62. The normalized spacial score (nSPS) is 19.0. The number of rotatable bonds is 4. The fraction of sp³-hybridized carbons (Fsp3) is 0.571. The summed E-state index contributed by atoms with van der Waals surface area (Å²) in [5.41, 5.74) is 4.04. The van der Waals surface area contributed by atoms with Crippen LogP contribution in [-0.4, -0.2) is 30.8 Å². The average molecular weight is 257 g/mol. The lowest BCUT2D eigenvalue weighted by Gasteiger charge is -2.14. The number of hydrogen-bond donors (Lipinski definition) is 0. The van der Waals surface area contributed by atoms with Crippen molar-refractivity contribution >= 4 is 0 Å². The Labute approximate surface area is 112 Å². The lowest BCUT2D eigenvalue weighted by molar-refractivity contribution is 0.265. The van der Waals surface area contributed by atoms with Gasteiger partial charge in [0.15, 0.2) is 0 Å². The van der Waals surface area contributed by atoms with Crippen LogP contribution in [-0.2, 0) is 26.7 Å². The van der Waals surface area contributed by atoms with Crippen molar-refractivity contribution in [2.24, 2.45) is 13.0 Å². The van der Waals surface area contributed by atoms with E-state index in [9.17, 15) is 0 Å². The highest BCUT2D eigenvalue weighted by molar-refractivity contribution is 5.30. The summed E-state index contributed by atoms with van der Waals surface area (Å²) >= 11 is 0. The molecular formula is C14H19N5. The summed E-state index contributed by atoms with van der Waals surface area (Å²) < 4.78 is 4.15. The van der Waals surface area contributed by atoms with Gasteiger partial charge in [0, 0.05) is 44.6 Å². The number of aryl methyl sites for hydroxylation is 1. The molecule has 0 amide bonds. The predicted molar refractivity (Wildman–Crippen MR) is 71.4 cm³/mol. The van der Waals surface area contributed by atoms with Gasteiger partial charge in [-0.15, -0.1) is 0 Å². The molecule has 0 aromatic carbocycles. The van der Waals surface area contributed by atoms with Gasteiger partial charge in [0.2, 0.25) is 0 Å². The number of imidazole rings is 1. The number of hydrogen-bond acceptors (Lipinski definition) is 3. The third kappa shape index (κ3) is 2.08. The zero-order valence-corrected chi connectivity index (χ0v) is 11.3. The molecule has 0 unspecified atom stereocenters. The van der Waals surface area contributed by atoms with Gasteiger partial charge in [-0.25, -0.2) is 4.98 Å². The Morgan fingerprint density at radius 1 is 1.32 bits per heavy atom. The molecule has 5 heteroatoms. The SMILES string of the molecule is Cn1nc(Cn2ccnc2)c2c1CN(CC1CC1)C2. The molecule has 19 heavy (non-hydrogen) atoms. The van der Waals surface area contributed by atoms with Crippen LogP contribution in [0.5, 0.6) is 0 Å². The molecule has 0 saturated heterocycles. The Balaban J connectivity index is 1.56. The van der Waals surface area contributed by atoms with Gasteiger partial charge in [0.1, 0.15) is 0 Å². The molecule has 0 spiro atoms. The van der Waals surface area contributed by atoms with Gasteiger partial charge in [0.05, 0.1) is 24.3 Å². The zero-order chi connectivity index (χ0) is 12.8. The third-order valence-electron chi connectivity index (χ3n) is 4.22. The van der Waals surface area contributed by atoms with Gasteiger partial charge >= 0.3 is 0 Å². The van der Waals surface area contributed by atoms with Crippen molar-refractivity contribution in [3.05, 3.63) is 35.7 Å². The van der Waals surface area contributed by atoms with Crippen LogP contribution in [0, 0.1) is 5.92 Å². The van der Waals surface area contributed by atoms with Crippen molar-refractivity contribution in [2.45, 2.75) is 32.5 Å². The van der Waals surface area contributed by atoms with Crippen molar-refractivity contribution in [3.63, 3.8) is 0 Å². The molecule has 1 aliphatic carbocycles. The lowest BCUT2D eigenvalue weighted by Crippen LogP contribution is -2.20. The molecular weight excluding hydrogens is 238 g/mol. The molecule has 2 aromatic heterocycles. The van der Waals surface area contributed by atoms with Crippen LogP contribution in [0.25, 0.3) is 0 Å². The number of nitrogens with zero attached hydrogens (tertiary/aromatic N) is 5. The van der Waals surface area contributed by atoms with Crippen molar-refractivity contribution < 1.29 is 0 Å². The van der Waals surface area contributed by atoms with Crippen molar-refractivity contribution in [2.75, 3.05) is 6.54 Å². The number of fused-ring (bicyclic) bond motifs is 1. The molecule has 0 bridgehead atoms. The van der Waals surface area contributed by atoms with Gasteiger partial charge < -0.3 is 4.57 Å². The Kier molecular flexibility index (Phi) is 2.48. The van der Waals surface area contributed by atoms with Crippen LogP contribution < -0.4 is 0 Å². The molecule has 2 aliphatic rings. The van der Waals surface area contributed by atoms with Crippen LogP contribution in [0.2, 0.25) is 0 Å². The molecule has 0 N–H and O–H groups in total. The van der Waals surface area contributed by atoms with E-state index in [-0.39, 0.29) is 0 Å². The summed E-state index contributed by atoms with van der Waals surface area (Å²) in [6.45, 7) is 4.24. The smallest absolute Gasteiger partial charge is 0.0949 e. The summed E-state index contributed by atoms with van der Waals surface area (Å²) in [5.74, 6) is 0.958. The maximum atomic E-state index is 4.68. The highest BCUT2D eigenvalue weighted by Gasteiger charge is 2.31. The molecule has 1 fully saturated rings. The Bertz CT molecular complexity index is 579. The second-order valence-corrected chi connectivity index (χ2v) is 5.84. The van der Waals surface area contributed by atoms with E-state index in [1.807, 2.05) is 18.7 Å². The maximum Gasteiger partial charge on any atom is 0.0949 e. The van der Waals surface area contributed by atoms with Gasteiger partial charge in [-0.3, -0.25) is 9.58 Å². The van der Waals surface area contributed by atoms with Crippen molar-refractivity contribution in [1.29, 1.82) is 0 Å².